The van der Waals surface area contributed by atoms with Crippen LogP contribution in [0.4, 0.5) is 0 Å². The van der Waals surface area contributed by atoms with Crippen LogP contribution in [-0.4, -0.2) is 63.3 Å². The van der Waals surface area contributed by atoms with Gasteiger partial charge in [-0.1, -0.05) is 12.1 Å². The predicted octanol–water partition coefficient (Wildman–Crippen LogP) is 0.846. The summed E-state index contributed by atoms with van der Waals surface area (Å²) < 4.78 is 41.4. The molecule has 0 amide bonds. The topological polar surface area (TPSA) is 65.1 Å². The number of para-hydroxylation sites is 1. The van der Waals surface area contributed by atoms with Crippen molar-refractivity contribution in [3.63, 3.8) is 0 Å². The average Bonchev–Trinajstić information content (AvgIpc) is 2.58. The van der Waals surface area contributed by atoms with Crippen molar-refractivity contribution in [3.8, 4) is 11.5 Å². The molecule has 2 fully saturated rings. The highest BCUT2D eigenvalue weighted by Crippen LogP contribution is 2.36. The second kappa shape index (κ2) is 5.96. The highest BCUT2D eigenvalue weighted by atomic mass is 32.2. The molecule has 23 heavy (non-hydrogen) atoms. The van der Waals surface area contributed by atoms with Crippen LogP contribution in [0.15, 0.2) is 18.2 Å². The molecule has 0 bridgehead atoms. The molecule has 7 heteroatoms. The van der Waals surface area contributed by atoms with E-state index in [0.29, 0.717) is 39.5 Å². The number of benzene rings is 1. The summed E-state index contributed by atoms with van der Waals surface area (Å²) in [6.45, 7) is 3.31. The van der Waals surface area contributed by atoms with Gasteiger partial charge in [-0.25, -0.2) is 8.42 Å². The molecule has 0 aromatic heterocycles. The van der Waals surface area contributed by atoms with Gasteiger partial charge < -0.3 is 14.2 Å². The SMILES string of the molecule is O=S1(=O)CCN(Cc2cccc3c2OCCO3)[C@@H]2CCOC[C@@H]21. The average molecular weight is 339 g/mol. The maximum Gasteiger partial charge on any atom is 0.165 e. The molecule has 0 saturated carbocycles. The van der Waals surface area contributed by atoms with Gasteiger partial charge in [0.1, 0.15) is 18.5 Å². The van der Waals surface area contributed by atoms with Crippen molar-refractivity contribution in [2.75, 3.05) is 38.7 Å². The van der Waals surface area contributed by atoms with Gasteiger partial charge in [0.2, 0.25) is 0 Å². The van der Waals surface area contributed by atoms with Crippen molar-refractivity contribution in [2.24, 2.45) is 0 Å². The van der Waals surface area contributed by atoms with E-state index in [1.807, 2.05) is 18.2 Å². The van der Waals surface area contributed by atoms with Gasteiger partial charge >= 0.3 is 0 Å². The molecular weight excluding hydrogens is 318 g/mol. The number of hydrogen-bond donors (Lipinski definition) is 0. The van der Waals surface area contributed by atoms with Gasteiger partial charge in [-0.2, -0.15) is 0 Å². The van der Waals surface area contributed by atoms with Crippen molar-refractivity contribution in [2.45, 2.75) is 24.3 Å². The number of hydrogen-bond acceptors (Lipinski definition) is 6. The third kappa shape index (κ3) is 2.81. The van der Waals surface area contributed by atoms with E-state index in [1.165, 1.54) is 0 Å². The Hall–Kier alpha value is -1.31. The number of nitrogens with zero attached hydrogens (tertiary/aromatic N) is 1. The lowest BCUT2D eigenvalue weighted by atomic mass is 10.0. The molecule has 126 valence electrons. The van der Waals surface area contributed by atoms with Crippen LogP contribution in [0.3, 0.4) is 0 Å². The summed E-state index contributed by atoms with van der Waals surface area (Å²) in [7, 11) is -3.05. The summed E-state index contributed by atoms with van der Waals surface area (Å²) in [4.78, 5) is 2.27. The summed E-state index contributed by atoms with van der Waals surface area (Å²) in [6.07, 6.45) is 0.760. The lowest BCUT2D eigenvalue weighted by Gasteiger charge is -2.43. The standard InChI is InChI=1S/C16H21NO5S/c18-23(19)9-5-17(13-4-6-20-11-15(13)23)10-12-2-1-3-14-16(12)22-8-7-21-14/h1-3,13,15H,4-11H2/t13-,15+/m1/s1. The van der Waals surface area contributed by atoms with E-state index in [0.717, 1.165) is 23.5 Å². The molecule has 1 aromatic carbocycles. The molecule has 6 nitrogen and oxygen atoms in total. The number of rotatable bonds is 2. The summed E-state index contributed by atoms with van der Waals surface area (Å²) in [6, 6.07) is 5.94. The first kappa shape index (κ1) is 15.2. The van der Waals surface area contributed by atoms with Crippen LogP contribution >= 0.6 is 0 Å². The molecule has 1 aromatic rings. The Labute approximate surface area is 136 Å². The van der Waals surface area contributed by atoms with E-state index in [1.54, 1.807) is 0 Å². The molecular formula is C16H21NO5S. The maximum absolute atomic E-state index is 12.3. The third-order valence-electron chi connectivity index (χ3n) is 4.88. The molecule has 0 unspecified atom stereocenters. The zero-order valence-corrected chi connectivity index (χ0v) is 13.8. The Balaban J connectivity index is 1.59. The number of fused-ring (bicyclic) bond motifs is 2. The molecule has 0 aliphatic carbocycles. The van der Waals surface area contributed by atoms with Gasteiger partial charge in [0, 0.05) is 31.3 Å². The van der Waals surface area contributed by atoms with E-state index in [2.05, 4.69) is 4.90 Å². The molecule has 2 saturated heterocycles. The minimum atomic E-state index is -3.05. The molecule has 2 atom stereocenters. The second-order valence-corrected chi connectivity index (χ2v) is 8.59. The molecule has 3 aliphatic rings. The van der Waals surface area contributed by atoms with E-state index in [9.17, 15) is 8.42 Å². The smallest absolute Gasteiger partial charge is 0.165 e. The molecule has 4 rings (SSSR count). The molecule has 3 heterocycles. The Morgan fingerprint density at radius 1 is 1.17 bits per heavy atom. The van der Waals surface area contributed by atoms with E-state index < -0.39 is 15.1 Å². The Morgan fingerprint density at radius 2 is 2.04 bits per heavy atom. The molecule has 0 N–H and O–H groups in total. The first-order chi connectivity index (χ1) is 11.1. The van der Waals surface area contributed by atoms with Crippen LogP contribution in [0.25, 0.3) is 0 Å². The van der Waals surface area contributed by atoms with Gasteiger partial charge in [-0.05, 0) is 12.5 Å². The summed E-state index contributed by atoms with van der Waals surface area (Å²) >= 11 is 0. The fourth-order valence-corrected chi connectivity index (χ4v) is 5.58. The van der Waals surface area contributed by atoms with Gasteiger partial charge in [-0.3, -0.25) is 4.90 Å². The first-order valence-electron chi connectivity index (χ1n) is 8.06. The molecule has 3 aliphatic heterocycles. The number of sulfone groups is 1. The minimum Gasteiger partial charge on any atom is -0.486 e. The highest BCUT2D eigenvalue weighted by Gasteiger charge is 2.43. The maximum atomic E-state index is 12.3. The van der Waals surface area contributed by atoms with Crippen molar-refractivity contribution >= 4 is 9.84 Å². The summed E-state index contributed by atoms with van der Waals surface area (Å²) in [5.74, 6) is 1.78. The fourth-order valence-electron chi connectivity index (χ4n) is 3.70. The van der Waals surface area contributed by atoms with Crippen LogP contribution in [0, 0.1) is 0 Å². The highest BCUT2D eigenvalue weighted by molar-refractivity contribution is 7.92. The summed E-state index contributed by atoms with van der Waals surface area (Å²) in [5.41, 5.74) is 1.06. The second-order valence-electron chi connectivity index (χ2n) is 6.25. The van der Waals surface area contributed by atoms with E-state index in [-0.39, 0.29) is 11.8 Å². The molecule has 0 radical (unpaired) electrons. The minimum absolute atomic E-state index is 0.0304. The van der Waals surface area contributed by atoms with Crippen molar-refractivity contribution in [1.82, 2.24) is 4.90 Å². The summed E-state index contributed by atoms with van der Waals surface area (Å²) in [5, 5.41) is -0.401. The monoisotopic (exact) mass is 339 g/mol. The van der Waals surface area contributed by atoms with Crippen LogP contribution < -0.4 is 9.47 Å². The Bertz CT molecular complexity index is 690. The third-order valence-corrected chi connectivity index (χ3v) is 7.01. The van der Waals surface area contributed by atoms with Crippen LogP contribution in [0.1, 0.15) is 12.0 Å². The van der Waals surface area contributed by atoms with E-state index >= 15 is 0 Å². The van der Waals surface area contributed by atoms with Crippen LogP contribution in [-0.2, 0) is 21.1 Å². The Morgan fingerprint density at radius 3 is 2.96 bits per heavy atom. The van der Waals surface area contributed by atoms with Crippen molar-refractivity contribution < 1.29 is 22.6 Å². The lowest BCUT2D eigenvalue weighted by Crippen LogP contribution is -2.58. The van der Waals surface area contributed by atoms with E-state index in [4.69, 9.17) is 14.2 Å². The molecule has 0 spiro atoms. The van der Waals surface area contributed by atoms with Crippen molar-refractivity contribution in [3.05, 3.63) is 23.8 Å². The van der Waals surface area contributed by atoms with Crippen molar-refractivity contribution in [1.29, 1.82) is 0 Å². The predicted molar refractivity (Wildman–Crippen MR) is 84.6 cm³/mol. The quantitative estimate of drug-likeness (QED) is 0.796. The Kier molecular flexibility index (Phi) is 3.95. The normalized spacial score (nSPS) is 29.7. The lowest BCUT2D eigenvalue weighted by molar-refractivity contribution is 0.0308. The fraction of sp³-hybridized carbons (Fsp3) is 0.625. The largest absolute Gasteiger partial charge is 0.486 e. The zero-order chi connectivity index (χ0) is 15.9. The van der Waals surface area contributed by atoms with Gasteiger partial charge in [0.25, 0.3) is 0 Å². The van der Waals surface area contributed by atoms with Crippen LogP contribution in [0.2, 0.25) is 0 Å². The zero-order valence-electron chi connectivity index (χ0n) is 12.9. The van der Waals surface area contributed by atoms with Crippen LogP contribution in [0.5, 0.6) is 11.5 Å². The van der Waals surface area contributed by atoms with Gasteiger partial charge in [0.05, 0.1) is 12.4 Å². The first-order valence-corrected chi connectivity index (χ1v) is 9.77. The number of ether oxygens (including phenoxy) is 3. The van der Waals surface area contributed by atoms with Gasteiger partial charge in [0.15, 0.2) is 21.3 Å². The van der Waals surface area contributed by atoms with Gasteiger partial charge in [-0.15, -0.1) is 0 Å².